The van der Waals surface area contributed by atoms with Gasteiger partial charge in [-0.3, -0.25) is 24.0 Å². The summed E-state index contributed by atoms with van der Waals surface area (Å²) in [6.07, 6.45) is 2.55. The summed E-state index contributed by atoms with van der Waals surface area (Å²) < 4.78 is 30.6. The van der Waals surface area contributed by atoms with Crippen LogP contribution in [-0.2, 0) is 24.0 Å². The molecule has 0 bridgehead atoms. The molecule has 3 rings (SSSR count). The van der Waals surface area contributed by atoms with Crippen LogP contribution in [0.4, 0.5) is 8.78 Å². The highest BCUT2D eigenvalue weighted by Crippen LogP contribution is 2.32. The van der Waals surface area contributed by atoms with E-state index in [1.54, 1.807) is 18.2 Å². The third-order valence-corrected chi connectivity index (χ3v) is 7.42. The molecule has 1 saturated heterocycles. The van der Waals surface area contributed by atoms with E-state index in [4.69, 9.17) is 0 Å². The molecule has 1 heterocycles. The first-order valence-electron chi connectivity index (χ1n) is 14.5. The molecule has 232 valence electrons. The summed E-state index contributed by atoms with van der Waals surface area (Å²) in [5.74, 6) is -4.04. The average molecular weight is 593 g/mol. The smallest absolute Gasteiger partial charge is 0.387 e. The zero-order valence-electron chi connectivity index (χ0n) is 24.6. The van der Waals surface area contributed by atoms with Crippen molar-refractivity contribution in [2.75, 3.05) is 6.54 Å². The maximum Gasteiger partial charge on any atom is 0.387 e. The number of carbonyl (C=O) groups excluding carboxylic acids is 5. The summed E-state index contributed by atoms with van der Waals surface area (Å²) in [5, 5.41) is 10.7. The standard InChI is InChI=1S/C30H42F2N4O6/c1-5-17(20-8-6-7-9-23(20)42-29(31)32)15-24(37)35-22(16-30(2,3)4)27(40)36-21(14-18-12-13-33-26(18)39)25(38)28(41)34-19-10-11-19/h6-9,17-19,21-22,29H,5,10-16H2,1-4H3,(H,33,39)(H,34,41)(H,35,37)(H,36,40)/t17?,18-,21?,22?/m0/s1. The molecule has 3 unspecified atom stereocenters. The molecule has 1 aliphatic carbocycles. The summed E-state index contributed by atoms with van der Waals surface area (Å²) in [6, 6.07) is 3.91. The van der Waals surface area contributed by atoms with Gasteiger partial charge in [-0.25, -0.2) is 0 Å². The van der Waals surface area contributed by atoms with Gasteiger partial charge in [-0.15, -0.1) is 0 Å². The van der Waals surface area contributed by atoms with E-state index in [-0.39, 0.29) is 37.0 Å². The van der Waals surface area contributed by atoms with Gasteiger partial charge in [0.1, 0.15) is 11.8 Å². The Morgan fingerprint density at radius 1 is 1.05 bits per heavy atom. The Kier molecular flexibility index (Phi) is 11.4. The Morgan fingerprint density at radius 2 is 1.74 bits per heavy atom. The molecule has 2 fully saturated rings. The first-order valence-corrected chi connectivity index (χ1v) is 14.5. The number of alkyl halides is 2. The molecule has 42 heavy (non-hydrogen) atoms. The van der Waals surface area contributed by atoms with E-state index in [2.05, 4.69) is 26.0 Å². The molecule has 4 amide bonds. The average Bonchev–Trinajstić information content (AvgIpc) is 3.63. The Bertz CT molecular complexity index is 1150. The topological polar surface area (TPSA) is 143 Å². The van der Waals surface area contributed by atoms with Gasteiger partial charge >= 0.3 is 6.61 Å². The maximum atomic E-state index is 13.6. The van der Waals surface area contributed by atoms with E-state index in [1.165, 1.54) is 6.07 Å². The number of rotatable bonds is 15. The lowest BCUT2D eigenvalue weighted by Gasteiger charge is -2.29. The van der Waals surface area contributed by atoms with Gasteiger partial charge in [0, 0.05) is 24.9 Å². The number of Topliss-reactive ketones (excluding diaryl/α,β-unsaturated/α-hetero) is 1. The Labute approximate surface area is 245 Å². The molecular formula is C30H42F2N4O6. The normalized spacial score (nSPS) is 18.9. The fraction of sp³-hybridized carbons (Fsp3) is 0.633. The van der Waals surface area contributed by atoms with Crippen LogP contribution in [-0.4, -0.2) is 60.7 Å². The summed E-state index contributed by atoms with van der Waals surface area (Å²) in [6.45, 7) is 4.91. The monoisotopic (exact) mass is 592 g/mol. The van der Waals surface area contributed by atoms with Gasteiger partial charge < -0.3 is 26.0 Å². The lowest BCUT2D eigenvalue weighted by Crippen LogP contribution is -2.55. The lowest BCUT2D eigenvalue weighted by molar-refractivity contribution is -0.141. The molecule has 0 aromatic heterocycles. The number of nitrogens with one attached hydrogen (secondary N) is 4. The zero-order chi connectivity index (χ0) is 31.0. The molecule has 1 saturated carbocycles. The number of ketones is 1. The number of para-hydroxylation sites is 1. The number of amides is 4. The number of carbonyl (C=O) groups is 5. The number of hydrogen-bond acceptors (Lipinski definition) is 6. The van der Waals surface area contributed by atoms with E-state index >= 15 is 0 Å². The van der Waals surface area contributed by atoms with Gasteiger partial charge in [0.15, 0.2) is 0 Å². The van der Waals surface area contributed by atoms with Crippen molar-refractivity contribution < 1.29 is 37.5 Å². The molecule has 1 aromatic rings. The largest absolute Gasteiger partial charge is 0.435 e. The zero-order valence-corrected chi connectivity index (χ0v) is 24.6. The van der Waals surface area contributed by atoms with Crippen LogP contribution in [0.1, 0.15) is 84.1 Å². The van der Waals surface area contributed by atoms with Crippen molar-refractivity contribution in [1.82, 2.24) is 21.3 Å². The second-order valence-electron chi connectivity index (χ2n) is 12.3. The van der Waals surface area contributed by atoms with E-state index in [0.29, 0.717) is 24.9 Å². The van der Waals surface area contributed by atoms with Gasteiger partial charge in [-0.2, -0.15) is 8.78 Å². The maximum absolute atomic E-state index is 13.6. The molecule has 0 radical (unpaired) electrons. The SMILES string of the molecule is CCC(CC(=O)NC(CC(C)(C)C)C(=O)NC(C[C@@H]1CCNC1=O)C(=O)C(=O)NC1CC1)c1ccccc1OC(F)F. The fourth-order valence-corrected chi connectivity index (χ4v) is 5.09. The number of halogens is 2. The van der Waals surface area contributed by atoms with Crippen molar-refractivity contribution in [3.05, 3.63) is 29.8 Å². The molecule has 4 N–H and O–H groups in total. The van der Waals surface area contributed by atoms with E-state index < -0.39 is 59.5 Å². The van der Waals surface area contributed by atoms with Crippen LogP contribution < -0.4 is 26.0 Å². The minimum Gasteiger partial charge on any atom is -0.435 e. The van der Waals surface area contributed by atoms with Crippen LogP contribution in [0.2, 0.25) is 0 Å². The summed E-state index contributed by atoms with van der Waals surface area (Å²) >= 11 is 0. The highest BCUT2D eigenvalue weighted by molar-refractivity contribution is 6.38. The van der Waals surface area contributed by atoms with Crippen LogP contribution in [0.5, 0.6) is 5.75 Å². The van der Waals surface area contributed by atoms with Crippen LogP contribution in [0.3, 0.4) is 0 Å². The van der Waals surface area contributed by atoms with Gasteiger partial charge in [-0.1, -0.05) is 45.9 Å². The summed E-state index contributed by atoms with van der Waals surface area (Å²) in [7, 11) is 0. The quantitative estimate of drug-likeness (QED) is 0.231. The van der Waals surface area contributed by atoms with Crippen molar-refractivity contribution in [2.45, 2.75) is 103 Å². The van der Waals surface area contributed by atoms with Crippen molar-refractivity contribution in [3.63, 3.8) is 0 Å². The number of hydrogen-bond donors (Lipinski definition) is 4. The number of benzene rings is 1. The van der Waals surface area contributed by atoms with E-state index in [1.807, 2.05) is 27.7 Å². The minimum absolute atomic E-state index is 0.0158. The van der Waals surface area contributed by atoms with E-state index in [0.717, 1.165) is 12.8 Å². The summed E-state index contributed by atoms with van der Waals surface area (Å²) in [5.41, 5.74) is 0.0418. The predicted octanol–water partition coefficient (Wildman–Crippen LogP) is 2.95. The molecule has 0 spiro atoms. The summed E-state index contributed by atoms with van der Waals surface area (Å²) in [4.78, 5) is 64.7. The molecule has 1 aliphatic heterocycles. The molecule has 10 nitrogen and oxygen atoms in total. The van der Waals surface area contributed by atoms with E-state index in [9.17, 15) is 32.8 Å². The third-order valence-electron chi connectivity index (χ3n) is 7.42. The first-order chi connectivity index (χ1) is 19.8. The van der Waals surface area contributed by atoms with Crippen molar-refractivity contribution in [2.24, 2.45) is 11.3 Å². The van der Waals surface area contributed by atoms with Crippen LogP contribution in [0, 0.1) is 11.3 Å². The minimum atomic E-state index is -3.02. The highest BCUT2D eigenvalue weighted by Gasteiger charge is 2.37. The van der Waals surface area contributed by atoms with Crippen LogP contribution in [0.25, 0.3) is 0 Å². The van der Waals surface area contributed by atoms with Crippen molar-refractivity contribution >= 4 is 29.4 Å². The van der Waals surface area contributed by atoms with Crippen LogP contribution >= 0.6 is 0 Å². The van der Waals surface area contributed by atoms with Gasteiger partial charge in [0.25, 0.3) is 5.91 Å². The van der Waals surface area contributed by atoms with Gasteiger partial charge in [-0.05, 0) is 61.5 Å². The predicted molar refractivity (Wildman–Crippen MR) is 151 cm³/mol. The molecule has 4 atom stereocenters. The molecule has 12 heteroatoms. The number of ether oxygens (including phenoxy) is 1. The third kappa shape index (κ3) is 10.1. The second-order valence-corrected chi connectivity index (χ2v) is 12.3. The molecular weight excluding hydrogens is 550 g/mol. The van der Waals surface area contributed by atoms with Crippen molar-refractivity contribution in [1.29, 1.82) is 0 Å². The highest BCUT2D eigenvalue weighted by atomic mass is 19.3. The van der Waals surface area contributed by atoms with Crippen molar-refractivity contribution in [3.8, 4) is 5.75 Å². The van der Waals surface area contributed by atoms with Crippen LogP contribution in [0.15, 0.2) is 24.3 Å². The molecule has 1 aromatic carbocycles. The Hall–Kier alpha value is -3.57. The van der Waals surface area contributed by atoms with Gasteiger partial charge in [0.2, 0.25) is 23.5 Å². The Morgan fingerprint density at radius 3 is 2.31 bits per heavy atom. The first kappa shape index (κ1) is 32.9. The fourth-order valence-electron chi connectivity index (χ4n) is 5.09. The van der Waals surface area contributed by atoms with Gasteiger partial charge in [0.05, 0.1) is 6.04 Å². The molecule has 2 aliphatic rings. The lowest BCUT2D eigenvalue weighted by atomic mass is 9.87. The second kappa shape index (κ2) is 14.6. The Balaban J connectivity index is 1.76.